The third-order valence-corrected chi connectivity index (χ3v) is 1.13. The highest BCUT2D eigenvalue weighted by Gasteiger charge is 2.07. The van der Waals surface area contributed by atoms with Gasteiger partial charge < -0.3 is 9.52 Å². The quantitative estimate of drug-likeness (QED) is 0.619. The van der Waals surface area contributed by atoms with Crippen molar-refractivity contribution < 1.29 is 19.2 Å². The van der Waals surface area contributed by atoms with Crippen molar-refractivity contribution in [1.29, 1.82) is 0 Å². The molecule has 1 aromatic rings. The Bertz CT molecular complexity index is 255. The van der Waals surface area contributed by atoms with Crippen LogP contribution in [0, 0.1) is 0 Å². The lowest BCUT2D eigenvalue weighted by atomic mass is 10.3. The van der Waals surface area contributed by atoms with Crippen LogP contribution in [0.3, 0.4) is 0 Å². The van der Waals surface area contributed by atoms with Crippen LogP contribution in [0.2, 0.25) is 0 Å². The van der Waals surface area contributed by atoms with Gasteiger partial charge in [0.05, 0.1) is 5.56 Å². The topological polar surface area (TPSA) is 85.7 Å². The number of hydrogen-bond donors (Lipinski definition) is 2. The van der Waals surface area contributed by atoms with Gasteiger partial charge in [-0.2, -0.15) is 0 Å². The van der Waals surface area contributed by atoms with Crippen molar-refractivity contribution in [2.24, 2.45) is 5.90 Å². The zero-order chi connectivity index (χ0) is 8.27. The van der Waals surface area contributed by atoms with Crippen LogP contribution in [-0.2, 0) is 11.4 Å². The van der Waals surface area contributed by atoms with Crippen molar-refractivity contribution >= 4 is 5.97 Å². The molecule has 0 amide bonds. The number of hydrogen-bond acceptors (Lipinski definition) is 4. The van der Waals surface area contributed by atoms with Crippen molar-refractivity contribution in [3.63, 3.8) is 0 Å². The molecule has 0 bridgehead atoms. The summed E-state index contributed by atoms with van der Waals surface area (Å²) in [6, 6.07) is 1.36. The lowest BCUT2D eigenvalue weighted by Crippen LogP contribution is -1.97. The number of nitrogens with two attached hydrogens (primary N) is 1. The summed E-state index contributed by atoms with van der Waals surface area (Å²) < 4.78 is 4.78. The highest BCUT2D eigenvalue weighted by molar-refractivity contribution is 5.87. The van der Waals surface area contributed by atoms with Crippen LogP contribution < -0.4 is 5.90 Å². The minimum atomic E-state index is -1.03. The smallest absolute Gasteiger partial charge is 0.338 e. The Morgan fingerprint density at radius 3 is 3.00 bits per heavy atom. The predicted octanol–water partition coefficient (Wildman–Crippen LogP) is 0.368. The number of carboxylic acids is 1. The normalized spacial score (nSPS) is 9.91. The fourth-order valence-corrected chi connectivity index (χ4v) is 0.651. The Hall–Kier alpha value is -1.33. The number of carboxylic acid groups (broad SMARTS) is 1. The molecule has 3 N–H and O–H groups in total. The number of aromatic carboxylic acids is 1. The molecule has 0 radical (unpaired) electrons. The van der Waals surface area contributed by atoms with Crippen LogP contribution in [-0.4, -0.2) is 11.1 Å². The Morgan fingerprint density at radius 2 is 2.55 bits per heavy atom. The van der Waals surface area contributed by atoms with E-state index >= 15 is 0 Å². The molecular weight excluding hydrogens is 150 g/mol. The molecule has 0 aliphatic carbocycles. The molecule has 1 heterocycles. The summed E-state index contributed by atoms with van der Waals surface area (Å²) in [4.78, 5) is 14.5. The van der Waals surface area contributed by atoms with Gasteiger partial charge in [-0.1, -0.05) is 0 Å². The maximum atomic E-state index is 10.3. The van der Waals surface area contributed by atoms with Crippen LogP contribution >= 0.6 is 0 Å². The van der Waals surface area contributed by atoms with Gasteiger partial charge in [0.1, 0.15) is 18.6 Å². The second-order valence-corrected chi connectivity index (χ2v) is 1.92. The zero-order valence-electron chi connectivity index (χ0n) is 5.61. The molecule has 0 saturated carbocycles. The van der Waals surface area contributed by atoms with Crippen molar-refractivity contribution in [3.05, 3.63) is 23.7 Å². The lowest BCUT2D eigenvalue weighted by Gasteiger charge is -1.88. The summed E-state index contributed by atoms with van der Waals surface area (Å²) in [5.74, 6) is 4.10. The van der Waals surface area contributed by atoms with E-state index < -0.39 is 5.97 Å². The van der Waals surface area contributed by atoms with Crippen molar-refractivity contribution in [2.45, 2.75) is 6.61 Å². The molecule has 1 aromatic heterocycles. The van der Waals surface area contributed by atoms with Crippen molar-refractivity contribution in [2.75, 3.05) is 0 Å². The second-order valence-electron chi connectivity index (χ2n) is 1.92. The molecule has 0 atom stereocenters. The minimum absolute atomic E-state index is 0.0767. The van der Waals surface area contributed by atoms with E-state index in [0.717, 1.165) is 6.26 Å². The first-order valence-corrected chi connectivity index (χ1v) is 2.86. The van der Waals surface area contributed by atoms with Crippen molar-refractivity contribution in [3.8, 4) is 0 Å². The van der Waals surface area contributed by atoms with Gasteiger partial charge in [0.25, 0.3) is 0 Å². The van der Waals surface area contributed by atoms with Gasteiger partial charge >= 0.3 is 5.97 Å². The number of furan rings is 1. The Kier molecular flexibility index (Phi) is 2.25. The average molecular weight is 157 g/mol. The van der Waals surface area contributed by atoms with Crippen molar-refractivity contribution in [1.82, 2.24) is 0 Å². The summed E-state index contributed by atoms with van der Waals surface area (Å²) in [6.45, 7) is 0.0767. The maximum Gasteiger partial charge on any atom is 0.338 e. The summed E-state index contributed by atoms with van der Waals surface area (Å²) in [6.07, 6.45) is 1.14. The summed E-state index contributed by atoms with van der Waals surface area (Å²) >= 11 is 0. The minimum Gasteiger partial charge on any atom is -0.478 e. The molecule has 0 fully saturated rings. The van der Waals surface area contributed by atoms with Gasteiger partial charge in [-0.05, 0) is 6.07 Å². The van der Waals surface area contributed by atoms with E-state index in [1.165, 1.54) is 6.07 Å². The third kappa shape index (κ3) is 1.79. The van der Waals surface area contributed by atoms with Gasteiger partial charge in [0, 0.05) is 0 Å². The molecule has 0 spiro atoms. The first kappa shape index (κ1) is 7.77. The second kappa shape index (κ2) is 3.18. The molecule has 0 aromatic carbocycles. The van der Waals surface area contributed by atoms with E-state index in [0.29, 0.717) is 5.76 Å². The van der Waals surface area contributed by atoms with Gasteiger partial charge in [-0.25, -0.2) is 10.7 Å². The van der Waals surface area contributed by atoms with Crippen LogP contribution in [0.5, 0.6) is 0 Å². The van der Waals surface area contributed by atoms with E-state index in [-0.39, 0.29) is 12.2 Å². The SMILES string of the molecule is NOCc1cc(C(=O)O)co1. The standard InChI is InChI=1S/C6H7NO4/c7-11-3-5-1-4(2-10-5)6(8)9/h1-2H,3,7H2,(H,8,9). The molecule has 60 valence electrons. The summed E-state index contributed by atoms with van der Waals surface area (Å²) in [5.41, 5.74) is 0.0945. The molecule has 11 heavy (non-hydrogen) atoms. The monoisotopic (exact) mass is 157 g/mol. The molecule has 0 unspecified atom stereocenters. The Morgan fingerprint density at radius 1 is 1.82 bits per heavy atom. The van der Waals surface area contributed by atoms with Crippen LogP contribution in [0.25, 0.3) is 0 Å². The molecule has 0 aliphatic heterocycles. The van der Waals surface area contributed by atoms with Gasteiger partial charge in [0.15, 0.2) is 0 Å². The van der Waals surface area contributed by atoms with E-state index in [9.17, 15) is 4.79 Å². The number of rotatable bonds is 3. The van der Waals surface area contributed by atoms with Gasteiger partial charge in [-0.15, -0.1) is 0 Å². The first-order valence-electron chi connectivity index (χ1n) is 2.86. The fraction of sp³-hybridized carbons (Fsp3) is 0.167. The summed E-state index contributed by atoms with van der Waals surface area (Å²) in [5, 5.41) is 8.43. The van der Waals surface area contributed by atoms with E-state index in [2.05, 4.69) is 4.84 Å². The molecule has 5 heteroatoms. The van der Waals surface area contributed by atoms with E-state index in [1.54, 1.807) is 0 Å². The average Bonchev–Trinajstić information content (AvgIpc) is 2.37. The van der Waals surface area contributed by atoms with Crippen LogP contribution in [0.1, 0.15) is 16.1 Å². The first-order chi connectivity index (χ1) is 5.24. The lowest BCUT2D eigenvalue weighted by molar-refractivity contribution is 0.0696. The van der Waals surface area contributed by atoms with Gasteiger partial charge in [0.2, 0.25) is 0 Å². The largest absolute Gasteiger partial charge is 0.478 e. The van der Waals surface area contributed by atoms with Crippen LogP contribution in [0.15, 0.2) is 16.7 Å². The van der Waals surface area contributed by atoms with Gasteiger partial charge in [-0.3, -0.25) is 4.84 Å². The fourth-order valence-electron chi connectivity index (χ4n) is 0.651. The Labute approximate surface area is 62.3 Å². The molecule has 0 saturated heterocycles. The number of carbonyl (C=O) groups is 1. The zero-order valence-corrected chi connectivity index (χ0v) is 5.61. The van der Waals surface area contributed by atoms with Crippen LogP contribution in [0.4, 0.5) is 0 Å². The van der Waals surface area contributed by atoms with E-state index in [4.69, 9.17) is 15.4 Å². The maximum absolute atomic E-state index is 10.3. The third-order valence-electron chi connectivity index (χ3n) is 1.13. The summed E-state index contributed by atoms with van der Waals surface area (Å²) in [7, 11) is 0. The molecule has 1 rings (SSSR count). The highest BCUT2D eigenvalue weighted by atomic mass is 16.6. The predicted molar refractivity (Wildman–Crippen MR) is 34.6 cm³/mol. The molecular formula is C6H7NO4. The van der Waals surface area contributed by atoms with E-state index in [1.807, 2.05) is 0 Å². The molecule has 5 nitrogen and oxygen atoms in total. The highest BCUT2D eigenvalue weighted by Crippen LogP contribution is 2.07. The Balaban J connectivity index is 2.73. The molecule has 0 aliphatic rings.